The number of nitrogens with two attached hydrogens (primary N) is 1. The molecular weight excluding hydrogens is 244 g/mol. The van der Waals surface area contributed by atoms with Crippen LogP contribution in [0.2, 0.25) is 0 Å². The van der Waals surface area contributed by atoms with Gasteiger partial charge in [-0.2, -0.15) is 0 Å². The quantitative estimate of drug-likeness (QED) is 0.922. The largest absolute Gasteiger partial charge is 0.355 e. The fourth-order valence-electron chi connectivity index (χ4n) is 2.99. The lowest BCUT2D eigenvalue weighted by molar-refractivity contribution is 0.473. The van der Waals surface area contributed by atoms with Crippen LogP contribution in [0.1, 0.15) is 19.3 Å². The Morgan fingerprint density at radius 1 is 1.44 bits per heavy atom. The van der Waals surface area contributed by atoms with Gasteiger partial charge in [-0.3, -0.25) is 0 Å². The zero-order valence-corrected chi connectivity index (χ0v) is 11.4. The number of hydrogen-bond donors (Lipinski definition) is 1. The molecule has 0 spiro atoms. The molecule has 18 heavy (non-hydrogen) atoms. The second-order valence-corrected chi connectivity index (χ2v) is 5.85. The normalized spacial score (nSPS) is 23.7. The Kier molecular flexibility index (Phi) is 3.18. The SMILES string of the molecule is CN(c1ncnc2ccsc12)C1CCCC1CN. The van der Waals surface area contributed by atoms with Gasteiger partial charge in [0.05, 0.1) is 10.2 Å². The van der Waals surface area contributed by atoms with Crippen molar-refractivity contribution in [1.82, 2.24) is 9.97 Å². The molecule has 1 aliphatic carbocycles. The first-order valence-corrected chi connectivity index (χ1v) is 7.30. The molecule has 1 aliphatic rings. The summed E-state index contributed by atoms with van der Waals surface area (Å²) in [6, 6.07) is 2.57. The smallest absolute Gasteiger partial charge is 0.150 e. The molecule has 0 amide bonds. The third-order valence-corrected chi connectivity index (χ3v) is 4.88. The van der Waals surface area contributed by atoms with E-state index in [0.717, 1.165) is 17.9 Å². The van der Waals surface area contributed by atoms with E-state index in [1.54, 1.807) is 17.7 Å². The highest BCUT2D eigenvalue weighted by Gasteiger charge is 2.30. The number of anilines is 1. The van der Waals surface area contributed by atoms with E-state index >= 15 is 0 Å². The molecule has 0 bridgehead atoms. The maximum atomic E-state index is 5.88. The number of aromatic nitrogens is 2. The molecule has 2 atom stereocenters. The van der Waals surface area contributed by atoms with Crippen molar-refractivity contribution in [2.75, 3.05) is 18.5 Å². The van der Waals surface area contributed by atoms with Crippen LogP contribution < -0.4 is 10.6 Å². The summed E-state index contributed by atoms with van der Waals surface area (Å²) < 4.78 is 1.18. The summed E-state index contributed by atoms with van der Waals surface area (Å²) >= 11 is 1.71. The lowest BCUT2D eigenvalue weighted by Gasteiger charge is -2.30. The Bertz CT molecular complexity index is 539. The summed E-state index contributed by atoms with van der Waals surface area (Å²) in [6.45, 7) is 0.772. The van der Waals surface area contributed by atoms with Gasteiger partial charge in [-0.1, -0.05) is 6.42 Å². The Hall–Kier alpha value is -1.20. The standard InChI is InChI=1S/C13H18N4S/c1-17(11-4-2-3-9(11)7-14)13-12-10(5-6-18-12)15-8-16-13/h5-6,8-9,11H,2-4,7,14H2,1H3. The maximum absolute atomic E-state index is 5.88. The fourth-order valence-corrected chi connectivity index (χ4v) is 3.86. The van der Waals surface area contributed by atoms with Gasteiger partial charge >= 0.3 is 0 Å². The van der Waals surface area contributed by atoms with Gasteiger partial charge in [-0.15, -0.1) is 11.3 Å². The molecular formula is C13H18N4S. The molecule has 2 aromatic heterocycles. The molecule has 5 heteroatoms. The zero-order chi connectivity index (χ0) is 12.5. The van der Waals surface area contributed by atoms with Gasteiger partial charge in [0.2, 0.25) is 0 Å². The molecule has 3 rings (SSSR count). The van der Waals surface area contributed by atoms with Crippen molar-refractivity contribution in [3.8, 4) is 0 Å². The van der Waals surface area contributed by atoms with E-state index in [1.807, 2.05) is 6.07 Å². The van der Waals surface area contributed by atoms with E-state index in [2.05, 4.69) is 27.3 Å². The van der Waals surface area contributed by atoms with Crippen molar-refractivity contribution in [1.29, 1.82) is 0 Å². The molecule has 2 aromatic rings. The second-order valence-electron chi connectivity index (χ2n) is 4.94. The third-order valence-electron chi connectivity index (χ3n) is 3.98. The fraction of sp³-hybridized carbons (Fsp3) is 0.538. The van der Waals surface area contributed by atoms with Gasteiger partial charge < -0.3 is 10.6 Å². The van der Waals surface area contributed by atoms with E-state index < -0.39 is 0 Å². The average Bonchev–Trinajstić information content (AvgIpc) is 3.05. The van der Waals surface area contributed by atoms with Crippen LogP contribution >= 0.6 is 11.3 Å². The molecule has 1 fully saturated rings. The highest BCUT2D eigenvalue weighted by Crippen LogP contribution is 2.34. The van der Waals surface area contributed by atoms with E-state index in [-0.39, 0.29) is 0 Å². The molecule has 0 radical (unpaired) electrons. The van der Waals surface area contributed by atoms with Crippen molar-refractivity contribution >= 4 is 27.4 Å². The molecule has 4 nitrogen and oxygen atoms in total. The first-order valence-electron chi connectivity index (χ1n) is 6.42. The van der Waals surface area contributed by atoms with Gasteiger partial charge in [0.15, 0.2) is 0 Å². The number of hydrogen-bond acceptors (Lipinski definition) is 5. The summed E-state index contributed by atoms with van der Waals surface area (Å²) in [5, 5.41) is 2.08. The number of thiophene rings is 1. The average molecular weight is 262 g/mol. The van der Waals surface area contributed by atoms with E-state index in [1.165, 1.54) is 24.0 Å². The van der Waals surface area contributed by atoms with Gasteiger partial charge in [0.25, 0.3) is 0 Å². The third kappa shape index (κ3) is 1.87. The van der Waals surface area contributed by atoms with Crippen LogP contribution in [0, 0.1) is 5.92 Å². The Morgan fingerprint density at radius 2 is 2.33 bits per heavy atom. The highest BCUT2D eigenvalue weighted by atomic mass is 32.1. The van der Waals surface area contributed by atoms with Crippen LogP contribution in [0.15, 0.2) is 17.8 Å². The molecule has 2 unspecified atom stereocenters. The van der Waals surface area contributed by atoms with Crippen LogP contribution in [0.5, 0.6) is 0 Å². The van der Waals surface area contributed by atoms with Crippen LogP contribution in [0.4, 0.5) is 5.82 Å². The summed E-state index contributed by atoms with van der Waals surface area (Å²) in [6.07, 6.45) is 5.39. The van der Waals surface area contributed by atoms with Crippen molar-refractivity contribution in [2.45, 2.75) is 25.3 Å². The minimum atomic E-state index is 0.523. The lowest BCUT2D eigenvalue weighted by atomic mass is 10.0. The van der Waals surface area contributed by atoms with Gasteiger partial charge in [-0.05, 0) is 36.8 Å². The molecule has 96 valence electrons. The molecule has 2 heterocycles. The summed E-state index contributed by atoms with van der Waals surface area (Å²) in [7, 11) is 2.14. The summed E-state index contributed by atoms with van der Waals surface area (Å²) in [4.78, 5) is 11.1. The van der Waals surface area contributed by atoms with Gasteiger partial charge in [0.1, 0.15) is 12.1 Å². The van der Waals surface area contributed by atoms with E-state index in [0.29, 0.717) is 12.0 Å². The topological polar surface area (TPSA) is 55.0 Å². The molecule has 0 aliphatic heterocycles. The monoisotopic (exact) mass is 262 g/mol. The first-order chi connectivity index (χ1) is 8.81. The van der Waals surface area contributed by atoms with Gasteiger partial charge in [0, 0.05) is 13.1 Å². The van der Waals surface area contributed by atoms with Crippen molar-refractivity contribution in [3.63, 3.8) is 0 Å². The maximum Gasteiger partial charge on any atom is 0.150 e. The van der Waals surface area contributed by atoms with Crippen LogP contribution in [0.3, 0.4) is 0 Å². The van der Waals surface area contributed by atoms with Gasteiger partial charge in [-0.25, -0.2) is 9.97 Å². The molecule has 0 aromatic carbocycles. The number of fused-ring (bicyclic) bond motifs is 1. The van der Waals surface area contributed by atoms with Crippen LogP contribution in [-0.4, -0.2) is 29.6 Å². The molecule has 1 saturated carbocycles. The van der Waals surface area contributed by atoms with Crippen molar-refractivity contribution in [2.24, 2.45) is 11.7 Å². The Morgan fingerprint density at radius 3 is 3.17 bits per heavy atom. The predicted molar refractivity (Wildman–Crippen MR) is 76.0 cm³/mol. The van der Waals surface area contributed by atoms with Crippen molar-refractivity contribution in [3.05, 3.63) is 17.8 Å². The second kappa shape index (κ2) is 4.82. The lowest BCUT2D eigenvalue weighted by Crippen LogP contribution is -2.38. The van der Waals surface area contributed by atoms with Crippen LogP contribution in [-0.2, 0) is 0 Å². The molecule has 2 N–H and O–H groups in total. The zero-order valence-electron chi connectivity index (χ0n) is 10.5. The number of nitrogens with zero attached hydrogens (tertiary/aromatic N) is 3. The molecule has 0 saturated heterocycles. The van der Waals surface area contributed by atoms with Crippen molar-refractivity contribution < 1.29 is 0 Å². The van der Waals surface area contributed by atoms with Crippen LogP contribution in [0.25, 0.3) is 10.2 Å². The summed E-state index contributed by atoms with van der Waals surface area (Å²) in [5.41, 5.74) is 6.92. The van der Waals surface area contributed by atoms with E-state index in [9.17, 15) is 0 Å². The minimum absolute atomic E-state index is 0.523. The first kappa shape index (κ1) is 11.9. The predicted octanol–water partition coefficient (Wildman–Crippen LogP) is 2.25. The highest BCUT2D eigenvalue weighted by molar-refractivity contribution is 7.17. The van der Waals surface area contributed by atoms with E-state index in [4.69, 9.17) is 5.73 Å². The number of rotatable bonds is 3. The Balaban J connectivity index is 1.96. The summed E-state index contributed by atoms with van der Waals surface area (Å²) in [5.74, 6) is 1.65. The Labute approximate surface area is 111 Å². The minimum Gasteiger partial charge on any atom is -0.355 e.